The van der Waals surface area contributed by atoms with Gasteiger partial charge in [0, 0.05) is 18.5 Å². The van der Waals surface area contributed by atoms with E-state index in [1.54, 1.807) is 6.33 Å². The number of halogens is 1. The Bertz CT molecular complexity index is 304. The Labute approximate surface area is 90.5 Å². The van der Waals surface area contributed by atoms with Gasteiger partial charge in [-0.25, -0.2) is 4.98 Å². The predicted molar refractivity (Wildman–Crippen MR) is 59.8 cm³/mol. The van der Waals surface area contributed by atoms with Gasteiger partial charge >= 0.3 is 0 Å². The van der Waals surface area contributed by atoms with Crippen LogP contribution >= 0.6 is 11.6 Å². The first-order valence-electron chi connectivity index (χ1n) is 4.88. The number of hydrogen-bond donors (Lipinski definition) is 1. The fraction of sp³-hybridized carbons (Fsp3) is 0.700. The zero-order valence-corrected chi connectivity index (χ0v) is 10.0. The van der Waals surface area contributed by atoms with E-state index in [2.05, 4.69) is 35.6 Å². The largest absolute Gasteiger partial charge is 0.333 e. The maximum Gasteiger partial charge on any atom is 0.150 e. The fourth-order valence-corrected chi connectivity index (χ4v) is 1.56. The van der Waals surface area contributed by atoms with Gasteiger partial charge in [0.05, 0.1) is 12.0 Å². The summed E-state index contributed by atoms with van der Waals surface area (Å²) in [4.78, 5) is 4.11. The number of aromatic nitrogens is 2. The maximum atomic E-state index is 6.03. The molecular weight excluding hydrogens is 198 g/mol. The fourth-order valence-electron chi connectivity index (χ4n) is 1.34. The minimum atomic E-state index is 0.0522. The smallest absolute Gasteiger partial charge is 0.150 e. The molecule has 1 N–H and O–H groups in total. The topological polar surface area (TPSA) is 29.9 Å². The lowest BCUT2D eigenvalue weighted by atomic mass is 9.99. The van der Waals surface area contributed by atoms with Gasteiger partial charge in [-0.15, -0.1) is 0 Å². The van der Waals surface area contributed by atoms with Crippen molar-refractivity contribution in [1.82, 2.24) is 14.9 Å². The first kappa shape index (κ1) is 11.5. The van der Waals surface area contributed by atoms with E-state index in [9.17, 15) is 0 Å². The Morgan fingerprint density at radius 2 is 2.21 bits per heavy atom. The van der Waals surface area contributed by atoms with Gasteiger partial charge in [0.25, 0.3) is 0 Å². The number of nitrogens with zero attached hydrogens (tertiary/aromatic N) is 2. The van der Waals surface area contributed by atoms with Crippen LogP contribution in [0.3, 0.4) is 0 Å². The van der Waals surface area contributed by atoms with Crippen LogP contribution in [0.2, 0.25) is 5.15 Å². The quantitative estimate of drug-likeness (QED) is 0.834. The van der Waals surface area contributed by atoms with E-state index in [1.165, 1.54) is 0 Å². The third kappa shape index (κ3) is 2.49. The Morgan fingerprint density at radius 1 is 1.57 bits per heavy atom. The Kier molecular flexibility index (Phi) is 3.56. The molecule has 1 aromatic heterocycles. The van der Waals surface area contributed by atoms with E-state index in [-0.39, 0.29) is 5.54 Å². The normalized spacial score (nSPS) is 12.1. The van der Waals surface area contributed by atoms with Crippen LogP contribution in [0.4, 0.5) is 0 Å². The third-order valence-corrected chi connectivity index (χ3v) is 2.84. The number of rotatable bonds is 4. The zero-order valence-electron chi connectivity index (χ0n) is 9.26. The molecule has 80 valence electrons. The van der Waals surface area contributed by atoms with E-state index < -0.39 is 0 Å². The molecule has 3 nitrogen and oxygen atoms in total. The van der Waals surface area contributed by atoms with E-state index in [0.29, 0.717) is 5.15 Å². The molecule has 14 heavy (non-hydrogen) atoms. The van der Waals surface area contributed by atoms with Gasteiger partial charge in [-0.3, -0.25) is 0 Å². The molecule has 0 saturated heterocycles. The van der Waals surface area contributed by atoms with Crippen LogP contribution in [0.5, 0.6) is 0 Å². The molecule has 0 amide bonds. The van der Waals surface area contributed by atoms with Gasteiger partial charge < -0.3 is 9.88 Å². The van der Waals surface area contributed by atoms with Crippen LogP contribution in [0.1, 0.15) is 26.5 Å². The molecule has 0 aliphatic rings. The van der Waals surface area contributed by atoms with Crippen LogP contribution in [0.15, 0.2) is 6.33 Å². The van der Waals surface area contributed by atoms with Crippen LogP contribution in [-0.2, 0) is 13.0 Å². The van der Waals surface area contributed by atoms with Gasteiger partial charge in [-0.05, 0) is 27.8 Å². The highest BCUT2D eigenvalue weighted by molar-refractivity contribution is 6.30. The molecule has 0 aliphatic heterocycles. The van der Waals surface area contributed by atoms with Crippen LogP contribution in [-0.4, -0.2) is 22.1 Å². The number of imidazole rings is 1. The summed E-state index contributed by atoms with van der Waals surface area (Å²) in [7, 11) is 1.96. The molecule has 4 heteroatoms. The number of nitrogens with one attached hydrogen (secondary N) is 1. The number of aryl methyl sites for hydroxylation is 1. The van der Waals surface area contributed by atoms with Crippen LogP contribution in [0, 0.1) is 0 Å². The highest BCUT2D eigenvalue weighted by Gasteiger charge is 2.20. The maximum absolute atomic E-state index is 6.03. The summed E-state index contributed by atoms with van der Waals surface area (Å²) in [6.07, 6.45) is 2.68. The molecule has 0 fully saturated rings. The van der Waals surface area contributed by atoms with Crippen LogP contribution in [0.25, 0.3) is 0 Å². The molecule has 0 spiro atoms. The van der Waals surface area contributed by atoms with Crippen molar-refractivity contribution in [2.45, 2.75) is 39.3 Å². The van der Waals surface area contributed by atoms with Crippen molar-refractivity contribution in [3.05, 3.63) is 17.2 Å². The van der Waals surface area contributed by atoms with E-state index in [4.69, 9.17) is 11.6 Å². The van der Waals surface area contributed by atoms with Crippen molar-refractivity contribution in [3.8, 4) is 0 Å². The third-order valence-electron chi connectivity index (χ3n) is 2.52. The Balaban J connectivity index is 2.89. The predicted octanol–water partition coefficient (Wildman–Crippen LogP) is 2.10. The highest BCUT2D eigenvalue weighted by Crippen LogP contribution is 2.19. The minimum absolute atomic E-state index is 0.0522. The molecule has 0 aromatic carbocycles. The lowest BCUT2D eigenvalue weighted by molar-refractivity contribution is 0.411. The molecular formula is C10H18ClN3. The standard InChI is InChI=1S/C10H18ClN3/c1-5-14-7-13-9(11)8(14)6-10(2,3)12-4/h7,12H,5-6H2,1-4H3. The average Bonchev–Trinajstić information content (AvgIpc) is 2.48. The van der Waals surface area contributed by atoms with Gasteiger partial charge in [0.1, 0.15) is 5.15 Å². The van der Waals surface area contributed by atoms with Crippen LogP contribution < -0.4 is 5.32 Å². The van der Waals surface area contributed by atoms with Crippen molar-refractivity contribution in [2.24, 2.45) is 0 Å². The highest BCUT2D eigenvalue weighted by atomic mass is 35.5. The monoisotopic (exact) mass is 215 g/mol. The lowest BCUT2D eigenvalue weighted by Gasteiger charge is -2.24. The second-order valence-corrected chi connectivity index (χ2v) is 4.44. The second-order valence-electron chi connectivity index (χ2n) is 4.08. The average molecular weight is 216 g/mol. The SMILES string of the molecule is CCn1cnc(Cl)c1CC(C)(C)NC. The molecule has 1 aromatic rings. The molecule has 0 saturated carbocycles. The van der Waals surface area contributed by atoms with Crippen molar-refractivity contribution < 1.29 is 0 Å². The van der Waals surface area contributed by atoms with Gasteiger partial charge in [0.15, 0.2) is 0 Å². The molecule has 0 atom stereocenters. The molecule has 0 radical (unpaired) electrons. The minimum Gasteiger partial charge on any atom is -0.333 e. The summed E-state index contributed by atoms with van der Waals surface area (Å²) in [5.74, 6) is 0. The van der Waals surface area contributed by atoms with Crippen molar-refractivity contribution >= 4 is 11.6 Å². The Hall–Kier alpha value is -0.540. The molecule has 0 unspecified atom stereocenters. The molecule has 0 aliphatic carbocycles. The Morgan fingerprint density at radius 3 is 2.71 bits per heavy atom. The number of likely N-dealkylation sites (N-methyl/N-ethyl adjacent to an activating group) is 1. The summed E-state index contributed by atoms with van der Waals surface area (Å²) in [6, 6.07) is 0. The number of hydrogen-bond acceptors (Lipinski definition) is 2. The second kappa shape index (κ2) is 4.32. The van der Waals surface area contributed by atoms with Gasteiger partial charge in [0.2, 0.25) is 0 Å². The van der Waals surface area contributed by atoms with Gasteiger partial charge in [-0.2, -0.15) is 0 Å². The zero-order chi connectivity index (χ0) is 10.8. The molecule has 0 bridgehead atoms. The van der Waals surface area contributed by atoms with E-state index in [0.717, 1.165) is 18.7 Å². The first-order valence-corrected chi connectivity index (χ1v) is 5.26. The molecule has 1 rings (SSSR count). The van der Waals surface area contributed by atoms with E-state index in [1.807, 2.05) is 7.05 Å². The lowest BCUT2D eigenvalue weighted by Crippen LogP contribution is -2.39. The summed E-state index contributed by atoms with van der Waals surface area (Å²) >= 11 is 6.03. The summed E-state index contributed by atoms with van der Waals surface area (Å²) < 4.78 is 2.08. The summed E-state index contributed by atoms with van der Waals surface area (Å²) in [5.41, 5.74) is 1.16. The van der Waals surface area contributed by atoms with Crippen molar-refractivity contribution in [2.75, 3.05) is 7.05 Å². The molecule has 1 heterocycles. The summed E-state index contributed by atoms with van der Waals surface area (Å²) in [5, 5.41) is 3.88. The van der Waals surface area contributed by atoms with Gasteiger partial charge in [-0.1, -0.05) is 11.6 Å². The van der Waals surface area contributed by atoms with Crippen molar-refractivity contribution in [1.29, 1.82) is 0 Å². The summed E-state index contributed by atoms with van der Waals surface area (Å²) in [6.45, 7) is 7.30. The van der Waals surface area contributed by atoms with Crippen molar-refractivity contribution in [3.63, 3.8) is 0 Å². The first-order chi connectivity index (χ1) is 6.50. The van der Waals surface area contributed by atoms with E-state index >= 15 is 0 Å².